The second kappa shape index (κ2) is 3.82. The molecule has 2 atom stereocenters. The fraction of sp³-hybridized carbons (Fsp3) is 1.00. The van der Waals surface area contributed by atoms with Gasteiger partial charge in [0.1, 0.15) is 0 Å². The second-order valence-corrected chi connectivity index (χ2v) is 6.66. The second-order valence-electron chi connectivity index (χ2n) is 6.66. The highest BCUT2D eigenvalue weighted by Crippen LogP contribution is 2.30. The summed E-state index contributed by atoms with van der Waals surface area (Å²) in [6.07, 6.45) is 1.23. The van der Waals surface area contributed by atoms with Gasteiger partial charge in [-0.25, -0.2) is 0 Å². The molecular formula is C12H26N2. The zero-order chi connectivity index (χ0) is 11.0. The molecule has 1 fully saturated rings. The lowest BCUT2D eigenvalue weighted by Gasteiger charge is -2.43. The van der Waals surface area contributed by atoms with E-state index in [0.717, 1.165) is 6.67 Å². The Labute approximate surface area is 88.8 Å². The third kappa shape index (κ3) is 2.96. The molecule has 0 aromatic rings. The van der Waals surface area contributed by atoms with Crippen LogP contribution in [-0.4, -0.2) is 18.8 Å². The van der Waals surface area contributed by atoms with Gasteiger partial charge in [0.25, 0.3) is 0 Å². The fourth-order valence-electron chi connectivity index (χ4n) is 2.03. The Bertz CT molecular complexity index is 165. The first kappa shape index (κ1) is 12.0. The van der Waals surface area contributed by atoms with E-state index >= 15 is 0 Å². The standard InChI is InChI=1S/C12H26N2/c1-11(2,3)9-7-10(12(4,5)6)14-8-13-9/h9-10,13-14H,7-8H2,1-6H3. The Morgan fingerprint density at radius 1 is 0.786 bits per heavy atom. The molecule has 2 N–H and O–H groups in total. The third-order valence-electron chi connectivity index (χ3n) is 3.26. The van der Waals surface area contributed by atoms with E-state index in [4.69, 9.17) is 0 Å². The topological polar surface area (TPSA) is 24.1 Å². The van der Waals surface area contributed by atoms with Gasteiger partial charge in [-0.1, -0.05) is 41.5 Å². The first-order valence-corrected chi connectivity index (χ1v) is 5.68. The molecule has 0 amide bonds. The number of hydrogen-bond acceptors (Lipinski definition) is 2. The summed E-state index contributed by atoms with van der Waals surface area (Å²) in [5, 5.41) is 7.10. The fourth-order valence-corrected chi connectivity index (χ4v) is 2.03. The molecule has 2 nitrogen and oxygen atoms in total. The van der Waals surface area contributed by atoms with Crippen LogP contribution in [0.15, 0.2) is 0 Å². The third-order valence-corrected chi connectivity index (χ3v) is 3.26. The zero-order valence-corrected chi connectivity index (χ0v) is 10.6. The van der Waals surface area contributed by atoms with Crippen LogP contribution in [0.4, 0.5) is 0 Å². The number of nitrogens with one attached hydrogen (secondary N) is 2. The molecule has 1 heterocycles. The molecule has 1 aliphatic rings. The van der Waals surface area contributed by atoms with E-state index in [1.807, 2.05) is 0 Å². The summed E-state index contributed by atoms with van der Waals surface area (Å²) in [4.78, 5) is 0. The molecule has 1 saturated heterocycles. The lowest BCUT2D eigenvalue weighted by Crippen LogP contribution is -2.58. The highest BCUT2D eigenvalue weighted by molar-refractivity contribution is 4.92. The van der Waals surface area contributed by atoms with Crippen molar-refractivity contribution in [2.75, 3.05) is 6.67 Å². The molecule has 2 unspecified atom stereocenters. The van der Waals surface area contributed by atoms with Crippen LogP contribution in [-0.2, 0) is 0 Å². The van der Waals surface area contributed by atoms with Crippen molar-refractivity contribution in [2.45, 2.75) is 60.0 Å². The van der Waals surface area contributed by atoms with Crippen LogP contribution in [0.25, 0.3) is 0 Å². The van der Waals surface area contributed by atoms with E-state index in [1.54, 1.807) is 0 Å². The minimum atomic E-state index is 0.367. The van der Waals surface area contributed by atoms with Gasteiger partial charge in [0.05, 0.1) is 0 Å². The van der Waals surface area contributed by atoms with Crippen LogP contribution in [0.5, 0.6) is 0 Å². The van der Waals surface area contributed by atoms with Crippen molar-refractivity contribution in [3.63, 3.8) is 0 Å². The molecule has 2 heteroatoms. The molecule has 0 bridgehead atoms. The maximum Gasteiger partial charge on any atom is 0.0458 e. The first-order chi connectivity index (χ1) is 6.21. The monoisotopic (exact) mass is 198 g/mol. The summed E-state index contributed by atoms with van der Waals surface area (Å²) in [7, 11) is 0. The molecule has 0 aromatic heterocycles. The zero-order valence-electron chi connectivity index (χ0n) is 10.6. The Kier molecular flexibility index (Phi) is 3.27. The van der Waals surface area contributed by atoms with Crippen LogP contribution in [0, 0.1) is 10.8 Å². The van der Waals surface area contributed by atoms with E-state index in [9.17, 15) is 0 Å². The van der Waals surface area contributed by atoms with Gasteiger partial charge in [-0.2, -0.15) is 0 Å². The Morgan fingerprint density at radius 2 is 1.14 bits per heavy atom. The minimum absolute atomic E-state index is 0.367. The molecule has 1 rings (SSSR count). The van der Waals surface area contributed by atoms with Gasteiger partial charge in [0, 0.05) is 18.8 Å². The average molecular weight is 198 g/mol. The van der Waals surface area contributed by atoms with Crippen molar-refractivity contribution in [1.29, 1.82) is 0 Å². The van der Waals surface area contributed by atoms with Crippen LogP contribution in [0.1, 0.15) is 48.0 Å². The van der Waals surface area contributed by atoms with Gasteiger partial charge in [-0.05, 0) is 17.3 Å². The summed E-state index contributed by atoms with van der Waals surface area (Å²) < 4.78 is 0. The summed E-state index contributed by atoms with van der Waals surface area (Å²) in [6, 6.07) is 1.26. The summed E-state index contributed by atoms with van der Waals surface area (Å²) in [6.45, 7) is 14.8. The van der Waals surface area contributed by atoms with Gasteiger partial charge in [0.15, 0.2) is 0 Å². The lowest BCUT2D eigenvalue weighted by atomic mass is 9.75. The number of rotatable bonds is 0. The Morgan fingerprint density at radius 3 is 1.43 bits per heavy atom. The summed E-state index contributed by atoms with van der Waals surface area (Å²) in [5.74, 6) is 0. The highest BCUT2D eigenvalue weighted by Gasteiger charge is 2.34. The Hall–Kier alpha value is -0.0800. The molecule has 0 radical (unpaired) electrons. The maximum absolute atomic E-state index is 3.55. The molecule has 0 aliphatic carbocycles. The normalized spacial score (nSPS) is 30.4. The maximum atomic E-state index is 3.55. The smallest absolute Gasteiger partial charge is 0.0458 e. The SMILES string of the molecule is CC(C)(C)C1CC(C(C)(C)C)NCN1. The quantitative estimate of drug-likeness (QED) is 0.624. The van der Waals surface area contributed by atoms with Crippen molar-refractivity contribution < 1.29 is 0 Å². The van der Waals surface area contributed by atoms with Crippen LogP contribution >= 0.6 is 0 Å². The number of hydrogen-bond donors (Lipinski definition) is 2. The predicted octanol–water partition coefficient (Wildman–Crippen LogP) is 2.36. The predicted molar refractivity (Wildman–Crippen MR) is 62.2 cm³/mol. The van der Waals surface area contributed by atoms with E-state index < -0.39 is 0 Å². The van der Waals surface area contributed by atoms with E-state index in [1.165, 1.54) is 6.42 Å². The summed E-state index contributed by atoms with van der Waals surface area (Å²) in [5.41, 5.74) is 0.733. The van der Waals surface area contributed by atoms with Gasteiger partial charge < -0.3 is 10.6 Å². The minimum Gasteiger partial charge on any atom is -0.301 e. The van der Waals surface area contributed by atoms with Gasteiger partial charge in [-0.3, -0.25) is 0 Å². The first-order valence-electron chi connectivity index (χ1n) is 5.68. The van der Waals surface area contributed by atoms with E-state index in [0.29, 0.717) is 22.9 Å². The van der Waals surface area contributed by atoms with Crippen LogP contribution < -0.4 is 10.6 Å². The van der Waals surface area contributed by atoms with Crippen molar-refractivity contribution in [3.05, 3.63) is 0 Å². The van der Waals surface area contributed by atoms with Gasteiger partial charge >= 0.3 is 0 Å². The average Bonchev–Trinajstić information content (AvgIpc) is 2.01. The molecule has 1 aliphatic heterocycles. The van der Waals surface area contributed by atoms with Gasteiger partial charge in [-0.15, -0.1) is 0 Å². The molecular weight excluding hydrogens is 172 g/mol. The van der Waals surface area contributed by atoms with Crippen molar-refractivity contribution in [3.8, 4) is 0 Å². The van der Waals surface area contributed by atoms with E-state index in [-0.39, 0.29) is 0 Å². The van der Waals surface area contributed by atoms with Crippen molar-refractivity contribution in [1.82, 2.24) is 10.6 Å². The van der Waals surface area contributed by atoms with Crippen molar-refractivity contribution >= 4 is 0 Å². The Balaban J connectivity index is 2.61. The van der Waals surface area contributed by atoms with E-state index in [2.05, 4.69) is 52.2 Å². The molecule has 14 heavy (non-hydrogen) atoms. The summed E-state index contributed by atoms with van der Waals surface area (Å²) >= 11 is 0. The largest absolute Gasteiger partial charge is 0.301 e. The van der Waals surface area contributed by atoms with Crippen LogP contribution in [0.3, 0.4) is 0 Å². The van der Waals surface area contributed by atoms with Gasteiger partial charge in [0.2, 0.25) is 0 Å². The lowest BCUT2D eigenvalue weighted by molar-refractivity contribution is 0.136. The molecule has 0 saturated carbocycles. The molecule has 0 spiro atoms. The van der Waals surface area contributed by atoms with Crippen LogP contribution in [0.2, 0.25) is 0 Å². The molecule has 0 aromatic carbocycles. The van der Waals surface area contributed by atoms with Crippen molar-refractivity contribution in [2.24, 2.45) is 10.8 Å². The molecule has 84 valence electrons. The highest BCUT2D eigenvalue weighted by atomic mass is 15.1.